The van der Waals surface area contributed by atoms with E-state index in [1.54, 1.807) is 59.5 Å². The van der Waals surface area contributed by atoms with E-state index in [1.807, 2.05) is 12.1 Å². The zero-order valence-electron chi connectivity index (χ0n) is 26.8. The van der Waals surface area contributed by atoms with Gasteiger partial charge in [0.25, 0.3) is 5.91 Å². The Morgan fingerprint density at radius 2 is 1.10 bits per heavy atom. The van der Waals surface area contributed by atoms with E-state index in [4.69, 9.17) is 33.0 Å². The number of carboxylic acids is 1. The molecule has 1 amide bonds. The maximum Gasteiger partial charge on any atom is 0.335 e. The van der Waals surface area contributed by atoms with Crippen molar-refractivity contribution in [3.8, 4) is 33.8 Å². The molecule has 9 nitrogen and oxygen atoms in total. The molecule has 11 heteroatoms. The second kappa shape index (κ2) is 15.0. The van der Waals surface area contributed by atoms with Crippen LogP contribution in [-0.2, 0) is 4.74 Å². The second-order valence-electron chi connectivity index (χ2n) is 11.7. The van der Waals surface area contributed by atoms with Crippen molar-refractivity contribution in [1.29, 1.82) is 0 Å². The first-order chi connectivity index (χ1) is 24.6. The summed E-state index contributed by atoms with van der Waals surface area (Å²) in [5, 5.41) is 32.5. The van der Waals surface area contributed by atoms with Crippen molar-refractivity contribution in [3.63, 3.8) is 0 Å². The Morgan fingerprint density at radius 3 is 1.57 bits per heavy atom. The van der Waals surface area contributed by atoms with Gasteiger partial charge in [-0.15, -0.1) is 0 Å². The van der Waals surface area contributed by atoms with Crippen LogP contribution in [0.5, 0.6) is 11.5 Å². The van der Waals surface area contributed by atoms with Gasteiger partial charge in [0.05, 0.1) is 29.9 Å². The summed E-state index contributed by atoms with van der Waals surface area (Å²) in [6, 6.07) is 26.9. The van der Waals surface area contributed by atoms with E-state index in [1.165, 1.54) is 30.3 Å². The molecule has 0 radical (unpaired) electrons. The third-order valence-electron chi connectivity index (χ3n) is 8.66. The number of aldehydes is 2. The molecular formula is C40H29Cl2NO8. The number of benzene rings is 6. The molecule has 0 saturated carbocycles. The van der Waals surface area contributed by atoms with Crippen molar-refractivity contribution in [3.05, 3.63) is 129 Å². The van der Waals surface area contributed by atoms with Crippen LogP contribution >= 0.6 is 23.2 Å². The minimum atomic E-state index is -1.03. The second-order valence-corrected chi connectivity index (χ2v) is 12.5. The van der Waals surface area contributed by atoms with Gasteiger partial charge in [0.2, 0.25) is 0 Å². The summed E-state index contributed by atoms with van der Waals surface area (Å²) in [6.07, 6.45) is 1.25. The number of amides is 1. The topological polar surface area (TPSA) is 141 Å². The molecule has 1 fully saturated rings. The standard InChI is InChI=1S/C22H18ClNO4.C18H11ClO4/c23-20-5-2-16(22(27)24-7-9-28-10-8-24)12-18(20)15-1-4-17-14(11-15)3-6-21(26)19(17)13-25;19-16-5-2-12(18(22)23)8-14(16)11-1-4-13-10(7-11)3-6-17(21)15(13)9-20/h1-6,11-13,26H,7-10H2;1-9,21H,(H,22,23). The maximum absolute atomic E-state index is 12.8. The molecular weight excluding hydrogens is 693 g/mol. The highest BCUT2D eigenvalue weighted by atomic mass is 35.5. The van der Waals surface area contributed by atoms with Crippen LogP contribution in [0.2, 0.25) is 10.0 Å². The van der Waals surface area contributed by atoms with Crippen LogP contribution in [-0.4, -0.2) is 71.0 Å². The molecule has 0 aromatic heterocycles. The number of aromatic carboxylic acids is 1. The SMILES string of the molecule is O=Cc1c(O)ccc2cc(-c3cc(C(=O)N4CCOCC4)ccc3Cl)ccc12.O=Cc1c(O)ccc2cc(-c3cc(C(=O)O)ccc3Cl)ccc12. The molecule has 256 valence electrons. The first-order valence-electron chi connectivity index (χ1n) is 15.7. The van der Waals surface area contributed by atoms with Crippen LogP contribution in [0.3, 0.4) is 0 Å². The largest absolute Gasteiger partial charge is 0.507 e. The van der Waals surface area contributed by atoms with Gasteiger partial charge in [-0.1, -0.05) is 59.6 Å². The van der Waals surface area contributed by atoms with Gasteiger partial charge in [-0.25, -0.2) is 4.79 Å². The number of fused-ring (bicyclic) bond motifs is 2. The average molecular weight is 723 g/mol. The minimum absolute atomic E-state index is 0.0461. The molecule has 1 saturated heterocycles. The van der Waals surface area contributed by atoms with Gasteiger partial charge in [0, 0.05) is 39.8 Å². The number of morpholine rings is 1. The molecule has 0 unspecified atom stereocenters. The molecule has 3 N–H and O–H groups in total. The normalized spacial score (nSPS) is 12.6. The third kappa shape index (κ3) is 7.27. The van der Waals surface area contributed by atoms with E-state index < -0.39 is 5.97 Å². The molecule has 6 aromatic rings. The van der Waals surface area contributed by atoms with Gasteiger partial charge >= 0.3 is 5.97 Å². The number of hydrogen-bond donors (Lipinski definition) is 3. The Morgan fingerprint density at radius 1 is 0.627 bits per heavy atom. The van der Waals surface area contributed by atoms with E-state index >= 15 is 0 Å². The zero-order chi connectivity index (χ0) is 36.2. The first-order valence-corrected chi connectivity index (χ1v) is 16.5. The van der Waals surface area contributed by atoms with Crippen molar-refractivity contribution < 1.29 is 39.2 Å². The van der Waals surface area contributed by atoms with Crippen molar-refractivity contribution in [2.24, 2.45) is 0 Å². The summed E-state index contributed by atoms with van der Waals surface area (Å²) in [5.74, 6) is -1.20. The lowest BCUT2D eigenvalue weighted by molar-refractivity contribution is 0.0303. The number of ether oxygens (including phenoxy) is 1. The van der Waals surface area contributed by atoms with Gasteiger partial charge in [-0.2, -0.15) is 0 Å². The predicted octanol–water partition coefficient (Wildman–Crippen LogP) is 8.53. The Bertz CT molecular complexity index is 2350. The van der Waals surface area contributed by atoms with Crippen LogP contribution in [0.15, 0.2) is 97.1 Å². The Kier molecular flexibility index (Phi) is 10.3. The Labute approximate surface area is 301 Å². The number of carbonyl (C=O) groups excluding carboxylic acids is 3. The number of carboxylic acid groups (broad SMARTS) is 1. The molecule has 7 rings (SSSR count). The number of nitrogens with zero attached hydrogens (tertiary/aromatic N) is 1. The van der Waals surface area contributed by atoms with Gasteiger partial charge in [-0.3, -0.25) is 14.4 Å². The maximum atomic E-state index is 12.8. The predicted molar refractivity (Wildman–Crippen MR) is 197 cm³/mol. The third-order valence-corrected chi connectivity index (χ3v) is 9.32. The van der Waals surface area contributed by atoms with Crippen LogP contribution in [0.4, 0.5) is 0 Å². The fourth-order valence-electron chi connectivity index (χ4n) is 5.98. The molecule has 1 aliphatic heterocycles. The summed E-state index contributed by atoms with van der Waals surface area (Å²) >= 11 is 12.6. The highest BCUT2D eigenvalue weighted by Crippen LogP contribution is 2.35. The Hall–Kier alpha value is -5.74. The smallest absolute Gasteiger partial charge is 0.335 e. The summed E-state index contributed by atoms with van der Waals surface area (Å²) in [6.45, 7) is 2.24. The lowest BCUT2D eigenvalue weighted by atomic mass is 9.97. The molecule has 0 aliphatic carbocycles. The highest BCUT2D eigenvalue weighted by Gasteiger charge is 2.20. The number of carbonyl (C=O) groups is 4. The highest BCUT2D eigenvalue weighted by molar-refractivity contribution is 6.34. The number of hydrogen-bond acceptors (Lipinski definition) is 7. The van der Waals surface area contributed by atoms with Crippen molar-refractivity contribution in [1.82, 2.24) is 4.90 Å². The van der Waals surface area contributed by atoms with E-state index in [2.05, 4.69) is 0 Å². The monoisotopic (exact) mass is 721 g/mol. The van der Waals surface area contributed by atoms with Crippen LogP contribution in [0, 0.1) is 0 Å². The molecule has 1 aliphatic rings. The molecule has 0 bridgehead atoms. The molecule has 6 aromatic carbocycles. The number of rotatable bonds is 6. The number of phenolic OH excluding ortho intramolecular Hbond substituents is 2. The minimum Gasteiger partial charge on any atom is -0.507 e. The first kappa shape index (κ1) is 35.1. The average Bonchev–Trinajstić information content (AvgIpc) is 3.15. The van der Waals surface area contributed by atoms with E-state index in [0.29, 0.717) is 70.8 Å². The van der Waals surface area contributed by atoms with Crippen LogP contribution in [0.25, 0.3) is 43.8 Å². The fraction of sp³-hybridized carbons (Fsp3) is 0.100. The van der Waals surface area contributed by atoms with Gasteiger partial charge in [-0.05, 0) is 93.3 Å². The zero-order valence-corrected chi connectivity index (χ0v) is 28.3. The summed E-state index contributed by atoms with van der Waals surface area (Å²) in [7, 11) is 0. The molecule has 51 heavy (non-hydrogen) atoms. The van der Waals surface area contributed by atoms with Crippen molar-refractivity contribution >= 4 is 69.2 Å². The summed E-state index contributed by atoms with van der Waals surface area (Å²) in [5.41, 5.74) is 4.08. The molecule has 0 atom stereocenters. The molecule has 0 spiro atoms. The Balaban J connectivity index is 0.000000179. The number of aromatic hydroxyl groups is 2. The van der Waals surface area contributed by atoms with Gasteiger partial charge < -0.3 is 25.0 Å². The fourth-order valence-corrected chi connectivity index (χ4v) is 6.43. The van der Waals surface area contributed by atoms with Gasteiger partial charge in [0.1, 0.15) is 11.5 Å². The van der Waals surface area contributed by atoms with E-state index in [9.17, 15) is 29.4 Å². The lowest BCUT2D eigenvalue weighted by Gasteiger charge is -2.27. The number of halogens is 2. The number of phenols is 2. The van der Waals surface area contributed by atoms with Crippen LogP contribution in [0.1, 0.15) is 41.4 Å². The quantitative estimate of drug-likeness (QED) is 0.145. The van der Waals surface area contributed by atoms with Gasteiger partial charge in [0.15, 0.2) is 12.6 Å². The van der Waals surface area contributed by atoms with E-state index in [-0.39, 0.29) is 34.1 Å². The lowest BCUT2D eigenvalue weighted by Crippen LogP contribution is -2.40. The summed E-state index contributed by atoms with van der Waals surface area (Å²) in [4.78, 5) is 48.1. The van der Waals surface area contributed by atoms with Crippen LogP contribution < -0.4 is 0 Å². The van der Waals surface area contributed by atoms with Crippen molar-refractivity contribution in [2.45, 2.75) is 0 Å². The summed E-state index contributed by atoms with van der Waals surface area (Å²) < 4.78 is 5.31. The van der Waals surface area contributed by atoms with E-state index in [0.717, 1.165) is 27.5 Å². The van der Waals surface area contributed by atoms with Crippen molar-refractivity contribution in [2.75, 3.05) is 26.3 Å². The molecule has 1 heterocycles.